The summed E-state index contributed by atoms with van der Waals surface area (Å²) in [5.74, 6) is 1.43. The molecule has 2 aliphatic carbocycles. The van der Waals surface area contributed by atoms with Gasteiger partial charge in [-0.05, 0) is 57.1 Å². The average molecular weight is 367 g/mol. The molecule has 2 aromatic rings. The molecule has 0 aliphatic heterocycles. The van der Waals surface area contributed by atoms with E-state index in [1.807, 2.05) is 16.6 Å². The average Bonchev–Trinajstić information content (AvgIpc) is 3.43. The first-order chi connectivity index (χ1) is 11.5. The largest absolute Gasteiger partial charge is 0.301 e. The fourth-order valence-electron chi connectivity index (χ4n) is 3.06. The molecular weight excluding hydrogens is 347 g/mol. The van der Waals surface area contributed by atoms with Gasteiger partial charge in [0.05, 0.1) is 6.67 Å². The Balaban J connectivity index is 1.55. The van der Waals surface area contributed by atoms with E-state index in [1.165, 1.54) is 31.7 Å². The number of nitrogens with zero attached hydrogens (tertiary/aromatic N) is 4. The van der Waals surface area contributed by atoms with Gasteiger partial charge >= 0.3 is 0 Å². The molecule has 128 valence electrons. The highest BCUT2D eigenvalue weighted by Gasteiger charge is 2.35. The molecule has 1 aromatic heterocycles. The molecule has 0 amide bonds. The minimum Gasteiger partial charge on any atom is -0.301 e. The fourth-order valence-corrected chi connectivity index (χ4v) is 3.62. The Hall–Kier alpha value is -1.24. The molecule has 4 nitrogen and oxygen atoms in total. The van der Waals surface area contributed by atoms with E-state index >= 15 is 0 Å². The lowest BCUT2D eigenvalue weighted by Crippen LogP contribution is -2.23. The summed E-state index contributed by atoms with van der Waals surface area (Å²) in [7, 11) is 1.93. The van der Waals surface area contributed by atoms with Crippen molar-refractivity contribution < 1.29 is 4.39 Å². The van der Waals surface area contributed by atoms with Crippen molar-refractivity contribution in [2.75, 3.05) is 7.05 Å². The molecule has 0 atom stereocenters. The lowest BCUT2D eigenvalue weighted by molar-refractivity contribution is 0.240. The van der Waals surface area contributed by atoms with Crippen LogP contribution in [0.5, 0.6) is 0 Å². The molecular formula is C17H20ClFN4S. The van der Waals surface area contributed by atoms with Crippen LogP contribution in [0, 0.1) is 10.6 Å². The van der Waals surface area contributed by atoms with Crippen LogP contribution in [-0.4, -0.2) is 26.3 Å². The highest BCUT2D eigenvalue weighted by atomic mass is 35.5. The van der Waals surface area contributed by atoms with Crippen molar-refractivity contribution in [2.45, 2.75) is 50.9 Å². The first kappa shape index (κ1) is 16.2. The van der Waals surface area contributed by atoms with Crippen LogP contribution in [0.4, 0.5) is 4.39 Å². The Labute approximate surface area is 150 Å². The predicted octanol–water partition coefficient (Wildman–Crippen LogP) is 4.51. The van der Waals surface area contributed by atoms with E-state index in [2.05, 4.69) is 4.57 Å². The summed E-state index contributed by atoms with van der Waals surface area (Å²) < 4.78 is 18.9. The number of halogens is 2. The molecule has 0 saturated heterocycles. The van der Waals surface area contributed by atoms with Crippen LogP contribution in [0.15, 0.2) is 18.2 Å². The Morgan fingerprint density at radius 3 is 2.71 bits per heavy atom. The SMILES string of the molecule is CN(Cc1c(F)cccc1Cl)Cn1nc(C2CC2)n(C2CC2)c1=S. The van der Waals surface area contributed by atoms with Gasteiger partial charge in [-0.25, -0.2) is 9.07 Å². The van der Waals surface area contributed by atoms with E-state index in [-0.39, 0.29) is 5.82 Å². The van der Waals surface area contributed by atoms with Gasteiger partial charge < -0.3 is 4.57 Å². The monoisotopic (exact) mass is 366 g/mol. The van der Waals surface area contributed by atoms with Crippen LogP contribution >= 0.6 is 23.8 Å². The minimum absolute atomic E-state index is 0.278. The van der Waals surface area contributed by atoms with Gasteiger partial charge in [0.2, 0.25) is 0 Å². The summed E-state index contributed by atoms with van der Waals surface area (Å²) in [4.78, 5) is 1.99. The molecule has 1 heterocycles. The van der Waals surface area contributed by atoms with Crippen molar-refractivity contribution in [1.82, 2.24) is 19.2 Å². The molecule has 7 heteroatoms. The standard InChI is InChI=1S/C17H20ClFN4S/c1-21(9-13-14(18)3-2-4-15(13)19)10-22-17(24)23(12-7-8-12)16(20-22)11-5-6-11/h2-4,11-12H,5-10H2,1H3. The van der Waals surface area contributed by atoms with E-state index in [0.29, 0.717) is 35.8 Å². The molecule has 0 unspecified atom stereocenters. The first-order valence-electron chi connectivity index (χ1n) is 8.35. The number of hydrogen-bond donors (Lipinski definition) is 0. The van der Waals surface area contributed by atoms with Crippen LogP contribution < -0.4 is 0 Å². The lowest BCUT2D eigenvalue weighted by Gasteiger charge is -2.17. The van der Waals surface area contributed by atoms with E-state index in [9.17, 15) is 4.39 Å². The van der Waals surface area contributed by atoms with Crippen LogP contribution in [0.1, 0.15) is 49.0 Å². The topological polar surface area (TPSA) is 26.0 Å². The summed E-state index contributed by atoms with van der Waals surface area (Å²) in [6.45, 7) is 0.950. The molecule has 2 fully saturated rings. The van der Waals surface area contributed by atoms with Gasteiger partial charge in [0, 0.05) is 29.1 Å². The quantitative estimate of drug-likeness (QED) is 0.703. The summed E-state index contributed by atoms with van der Waals surface area (Å²) in [5, 5.41) is 5.22. The number of rotatable bonds is 6. The fraction of sp³-hybridized carbons (Fsp3) is 0.529. The highest BCUT2D eigenvalue weighted by molar-refractivity contribution is 7.71. The van der Waals surface area contributed by atoms with Gasteiger partial charge in [-0.2, -0.15) is 5.10 Å². The highest BCUT2D eigenvalue weighted by Crippen LogP contribution is 2.44. The maximum atomic E-state index is 14.0. The normalized spacial score (nSPS) is 17.7. The zero-order valence-electron chi connectivity index (χ0n) is 13.6. The van der Waals surface area contributed by atoms with Crippen LogP contribution in [-0.2, 0) is 13.2 Å². The second kappa shape index (κ2) is 6.24. The third-order valence-corrected chi connectivity index (χ3v) is 5.38. The molecule has 0 radical (unpaired) electrons. The second-order valence-corrected chi connectivity index (χ2v) is 7.64. The van der Waals surface area contributed by atoms with Crippen LogP contribution in [0.25, 0.3) is 0 Å². The Morgan fingerprint density at radius 1 is 1.33 bits per heavy atom. The molecule has 2 aliphatic rings. The summed E-state index contributed by atoms with van der Waals surface area (Å²) in [6, 6.07) is 5.31. The van der Waals surface area contributed by atoms with E-state index in [0.717, 1.165) is 10.6 Å². The van der Waals surface area contributed by atoms with Crippen molar-refractivity contribution in [3.63, 3.8) is 0 Å². The maximum Gasteiger partial charge on any atom is 0.199 e. The third kappa shape index (κ3) is 3.15. The molecule has 0 spiro atoms. The summed E-state index contributed by atoms with van der Waals surface area (Å²) >= 11 is 11.8. The third-order valence-electron chi connectivity index (χ3n) is 4.62. The maximum absolute atomic E-state index is 14.0. The van der Waals surface area contributed by atoms with Crippen molar-refractivity contribution in [3.8, 4) is 0 Å². The van der Waals surface area contributed by atoms with Crippen LogP contribution in [0.3, 0.4) is 0 Å². The van der Waals surface area contributed by atoms with Gasteiger partial charge in [0.25, 0.3) is 0 Å². The smallest absolute Gasteiger partial charge is 0.199 e. The van der Waals surface area contributed by atoms with E-state index < -0.39 is 0 Å². The number of benzene rings is 1. The van der Waals surface area contributed by atoms with Gasteiger partial charge in [0.15, 0.2) is 4.77 Å². The molecule has 24 heavy (non-hydrogen) atoms. The Kier molecular flexibility index (Phi) is 4.22. The zero-order valence-corrected chi connectivity index (χ0v) is 15.2. The van der Waals surface area contributed by atoms with Gasteiger partial charge in [-0.1, -0.05) is 17.7 Å². The Morgan fingerprint density at radius 2 is 2.08 bits per heavy atom. The first-order valence-corrected chi connectivity index (χ1v) is 9.14. The molecule has 2 saturated carbocycles. The second-order valence-electron chi connectivity index (χ2n) is 6.87. The lowest BCUT2D eigenvalue weighted by atomic mass is 10.2. The van der Waals surface area contributed by atoms with Crippen molar-refractivity contribution in [3.05, 3.63) is 45.2 Å². The summed E-state index contributed by atoms with van der Waals surface area (Å²) in [5.41, 5.74) is 0.511. The van der Waals surface area contributed by atoms with Gasteiger partial charge in [0.1, 0.15) is 11.6 Å². The number of hydrogen-bond acceptors (Lipinski definition) is 3. The van der Waals surface area contributed by atoms with Crippen molar-refractivity contribution in [1.29, 1.82) is 0 Å². The molecule has 0 bridgehead atoms. The number of aromatic nitrogens is 3. The molecule has 4 rings (SSSR count). The van der Waals surface area contributed by atoms with Gasteiger partial charge in [-0.15, -0.1) is 0 Å². The van der Waals surface area contributed by atoms with E-state index in [4.69, 9.17) is 28.9 Å². The van der Waals surface area contributed by atoms with E-state index in [1.54, 1.807) is 12.1 Å². The van der Waals surface area contributed by atoms with Crippen molar-refractivity contribution in [2.24, 2.45) is 0 Å². The summed E-state index contributed by atoms with van der Waals surface area (Å²) in [6.07, 6.45) is 4.80. The van der Waals surface area contributed by atoms with Gasteiger partial charge in [-0.3, -0.25) is 4.90 Å². The Bertz CT molecular complexity index is 802. The predicted molar refractivity (Wildman–Crippen MR) is 94.2 cm³/mol. The molecule has 1 aromatic carbocycles. The zero-order chi connectivity index (χ0) is 16.8. The van der Waals surface area contributed by atoms with Crippen LogP contribution in [0.2, 0.25) is 5.02 Å². The molecule has 0 N–H and O–H groups in total. The van der Waals surface area contributed by atoms with Crippen molar-refractivity contribution >= 4 is 23.8 Å². The minimum atomic E-state index is -0.278.